The van der Waals surface area contributed by atoms with Crippen LogP contribution in [0.4, 0.5) is 0 Å². The number of hydrogen-bond donors (Lipinski definition) is 2. The van der Waals surface area contributed by atoms with E-state index in [0.29, 0.717) is 0 Å². The van der Waals surface area contributed by atoms with E-state index in [2.05, 4.69) is 0 Å². The first kappa shape index (κ1) is 14.7. The molecule has 0 heterocycles. The number of halogens is 2. The third-order valence-corrected chi connectivity index (χ3v) is 2.34. The maximum absolute atomic E-state index is 10.7. The zero-order valence-electron chi connectivity index (χ0n) is 7.62. The van der Waals surface area contributed by atoms with E-state index < -0.39 is 17.5 Å². The first-order valence-corrected chi connectivity index (χ1v) is 4.15. The number of carboxylic acid groups (broad SMARTS) is 2. The van der Waals surface area contributed by atoms with Crippen LogP contribution in [0.3, 0.4) is 0 Å². The topological polar surface area (TPSA) is 74.6 Å². The normalized spacial score (nSPS) is 9.20. The molecular formula is C8H4Cl2NaO4+. The third kappa shape index (κ3) is 3.09. The molecule has 0 aliphatic heterocycles. The largest absolute Gasteiger partial charge is 1.00 e. The van der Waals surface area contributed by atoms with Crippen molar-refractivity contribution in [3.05, 3.63) is 33.3 Å². The molecule has 0 amide bonds. The second kappa shape index (κ2) is 5.72. The fourth-order valence-electron chi connectivity index (χ4n) is 0.938. The maximum Gasteiger partial charge on any atom is 1.00 e. The van der Waals surface area contributed by atoms with Gasteiger partial charge in [-0.2, -0.15) is 0 Å². The van der Waals surface area contributed by atoms with Crippen LogP contribution in [-0.4, -0.2) is 22.2 Å². The van der Waals surface area contributed by atoms with Crippen molar-refractivity contribution in [1.29, 1.82) is 0 Å². The first-order valence-electron chi connectivity index (χ1n) is 3.39. The Labute approximate surface area is 117 Å². The van der Waals surface area contributed by atoms with Gasteiger partial charge >= 0.3 is 41.5 Å². The molecule has 0 saturated carbocycles. The number of benzene rings is 1. The zero-order valence-corrected chi connectivity index (χ0v) is 11.1. The Morgan fingerprint density at radius 2 is 1.60 bits per heavy atom. The predicted octanol–water partition coefficient (Wildman–Crippen LogP) is -0.606. The minimum absolute atomic E-state index is 0. The van der Waals surface area contributed by atoms with Crippen LogP contribution in [0.25, 0.3) is 0 Å². The van der Waals surface area contributed by atoms with Crippen molar-refractivity contribution in [2.45, 2.75) is 0 Å². The molecule has 1 aromatic carbocycles. The standard InChI is InChI=1S/C8H4Cl2O4.Na/c9-4-2-1-3(7(11)12)5(6(4)10)8(13)14;/h1-2H,(H,11,12)(H,13,14);/q;+1. The Kier molecular flexibility index (Phi) is 5.62. The Morgan fingerprint density at radius 3 is 2.00 bits per heavy atom. The molecule has 4 nitrogen and oxygen atoms in total. The van der Waals surface area contributed by atoms with Gasteiger partial charge in [-0.1, -0.05) is 23.2 Å². The van der Waals surface area contributed by atoms with Crippen LogP contribution in [0.2, 0.25) is 10.0 Å². The van der Waals surface area contributed by atoms with Crippen molar-refractivity contribution in [3.8, 4) is 0 Å². The average molecular weight is 258 g/mol. The van der Waals surface area contributed by atoms with Crippen LogP contribution in [0.1, 0.15) is 20.7 Å². The van der Waals surface area contributed by atoms with E-state index in [4.69, 9.17) is 33.4 Å². The van der Waals surface area contributed by atoms with E-state index in [1.165, 1.54) is 6.07 Å². The zero-order chi connectivity index (χ0) is 10.9. The summed E-state index contributed by atoms with van der Waals surface area (Å²) < 4.78 is 0. The molecule has 7 heteroatoms. The molecule has 0 aromatic heterocycles. The third-order valence-electron chi connectivity index (χ3n) is 1.54. The number of aromatic carboxylic acids is 2. The molecule has 0 radical (unpaired) electrons. The van der Waals surface area contributed by atoms with E-state index in [-0.39, 0.29) is 45.2 Å². The first-order chi connectivity index (χ1) is 6.45. The molecule has 2 N–H and O–H groups in total. The van der Waals surface area contributed by atoms with E-state index >= 15 is 0 Å². The van der Waals surface area contributed by atoms with Crippen LogP contribution in [0.15, 0.2) is 12.1 Å². The van der Waals surface area contributed by atoms with Crippen molar-refractivity contribution in [3.63, 3.8) is 0 Å². The van der Waals surface area contributed by atoms with Gasteiger partial charge in [-0.05, 0) is 12.1 Å². The van der Waals surface area contributed by atoms with Gasteiger partial charge in [0.25, 0.3) is 0 Å². The number of carbonyl (C=O) groups is 2. The fourth-order valence-corrected chi connectivity index (χ4v) is 1.34. The van der Waals surface area contributed by atoms with Gasteiger partial charge < -0.3 is 10.2 Å². The molecular weight excluding hydrogens is 254 g/mol. The molecule has 0 aliphatic rings. The molecule has 1 rings (SSSR count). The maximum atomic E-state index is 10.7. The van der Waals surface area contributed by atoms with Gasteiger partial charge in [-0.15, -0.1) is 0 Å². The summed E-state index contributed by atoms with van der Waals surface area (Å²) in [4.78, 5) is 21.3. The molecule has 0 atom stereocenters. The summed E-state index contributed by atoms with van der Waals surface area (Å²) >= 11 is 11.1. The SMILES string of the molecule is O=C(O)c1ccc(Cl)c(Cl)c1C(=O)O.[Na+]. The molecule has 0 bridgehead atoms. The van der Waals surface area contributed by atoms with Crippen molar-refractivity contribution in [2.75, 3.05) is 0 Å². The van der Waals surface area contributed by atoms with Crippen LogP contribution in [-0.2, 0) is 0 Å². The van der Waals surface area contributed by atoms with Gasteiger partial charge in [0.1, 0.15) is 0 Å². The van der Waals surface area contributed by atoms with Crippen LogP contribution in [0.5, 0.6) is 0 Å². The Hall–Kier alpha value is -0.260. The van der Waals surface area contributed by atoms with Crippen LogP contribution in [0, 0.1) is 0 Å². The second-order valence-electron chi connectivity index (χ2n) is 2.39. The Morgan fingerprint density at radius 1 is 1.07 bits per heavy atom. The molecule has 74 valence electrons. The van der Waals surface area contributed by atoms with Crippen LogP contribution < -0.4 is 29.6 Å². The van der Waals surface area contributed by atoms with Gasteiger partial charge in [0.2, 0.25) is 0 Å². The summed E-state index contributed by atoms with van der Waals surface area (Å²) in [6.07, 6.45) is 0. The number of hydrogen-bond acceptors (Lipinski definition) is 2. The summed E-state index contributed by atoms with van der Waals surface area (Å²) in [5.41, 5.74) is -0.876. The molecule has 0 fully saturated rings. The predicted molar refractivity (Wildman–Crippen MR) is 50.4 cm³/mol. The van der Waals surface area contributed by atoms with Crippen LogP contribution >= 0.6 is 23.2 Å². The van der Waals surface area contributed by atoms with Gasteiger partial charge in [-0.25, -0.2) is 9.59 Å². The molecule has 0 saturated heterocycles. The van der Waals surface area contributed by atoms with Gasteiger partial charge in [-0.3, -0.25) is 0 Å². The minimum atomic E-state index is -1.42. The minimum Gasteiger partial charge on any atom is -0.478 e. The van der Waals surface area contributed by atoms with Gasteiger partial charge in [0.15, 0.2) is 0 Å². The molecule has 0 aliphatic carbocycles. The molecule has 15 heavy (non-hydrogen) atoms. The van der Waals surface area contributed by atoms with E-state index in [0.717, 1.165) is 6.07 Å². The van der Waals surface area contributed by atoms with Crippen molar-refractivity contribution in [2.24, 2.45) is 0 Å². The van der Waals surface area contributed by atoms with E-state index in [1.54, 1.807) is 0 Å². The molecule has 0 unspecified atom stereocenters. The number of carboxylic acids is 2. The van der Waals surface area contributed by atoms with E-state index in [9.17, 15) is 9.59 Å². The fraction of sp³-hybridized carbons (Fsp3) is 0. The Balaban J connectivity index is 0.00000196. The summed E-state index contributed by atoms with van der Waals surface area (Å²) in [6, 6.07) is 2.33. The molecule has 1 aromatic rings. The quantitative estimate of drug-likeness (QED) is 0.694. The second-order valence-corrected chi connectivity index (χ2v) is 3.18. The van der Waals surface area contributed by atoms with Crippen molar-refractivity contribution in [1.82, 2.24) is 0 Å². The summed E-state index contributed by atoms with van der Waals surface area (Å²) in [7, 11) is 0. The monoisotopic (exact) mass is 257 g/mol. The molecule has 0 spiro atoms. The van der Waals surface area contributed by atoms with Crippen molar-refractivity contribution < 1.29 is 49.4 Å². The summed E-state index contributed by atoms with van der Waals surface area (Å²) in [5, 5.41) is 17.1. The smallest absolute Gasteiger partial charge is 0.478 e. The average Bonchev–Trinajstić information content (AvgIpc) is 2.08. The summed E-state index contributed by atoms with van der Waals surface area (Å²) in [5.74, 6) is -2.78. The number of rotatable bonds is 2. The van der Waals surface area contributed by atoms with Crippen molar-refractivity contribution >= 4 is 35.1 Å². The summed E-state index contributed by atoms with van der Waals surface area (Å²) in [6.45, 7) is 0. The van der Waals surface area contributed by atoms with Gasteiger partial charge in [0, 0.05) is 0 Å². The Bertz CT molecular complexity index is 419. The van der Waals surface area contributed by atoms with E-state index in [1.807, 2.05) is 0 Å². The van der Waals surface area contributed by atoms with Gasteiger partial charge in [0.05, 0.1) is 21.2 Å².